The molecule has 1 atom stereocenters. The van der Waals surface area contributed by atoms with Crippen LogP contribution < -0.4 is 10.6 Å². The van der Waals surface area contributed by atoms with Gasteiger partial charge in [0.15, 0.2) is 0 Å². The van der Waals surface area contributed by atoms with Gasteiger partial charge in [0.05, 0.1) is 10.7 Å². The van der Waals surface area contributed by atoms with Crippen molar-refractivity contribution in [2.75, 3.05) is 13.1 Å². The minimum absolute atomic E-state index is 0.109. The topological polar surface area (TPSA) is 54.0 Å². The molecular weight excluding hydrogens is 302 g/mol. The second-order valence-corrected chi connectivity index (χ2v) is 7.16. The van der Waals surface area contributed by atoms with E-state index in [1.807, 2.05) is 6.92 Å². The van der Waals surface area contributed by atoms with Crippen LogP contribution in [0.5, 0.6) is 0 Å². The normalized spacial score (nSPS) is 12.1. The van der Waals surface area contributed by atoms with Gasteiger partial charge in [-0.3, -0.25) is 0 Å². The summed E-state index contributed by atoms with van der Waals surface area (Å²) in [6, 6.07) is 1.99. The molecule has 0 aliphatic heterocycles. The smallest absolute Gasteiger partial charge is 0.314 e. The molecule has 0 aromatic carbocycles. The molecule has 2 amide bonds. The van der Waals surface area contributed by atoms with Crippen LogP contribution in [0.3, 0.4) is 0 Å². The summed E-state index contributed by atoms with van der Waals surface area (Å²) in [6.07, 6.45) is 0.785. The van der Waals surface area contributed by atoms with Crippen LogP contribution >= 0.6 is 22.7 Å². The van der Waals surface area contributed by atoms with Crippen LogP contribution in [-0.4, -0.2) is 24.1 Å². The number of aryl methyl sites for hydroxylation is 2. The monoisotopic (exact) mass is 323 g/mol. The van der Waals surface area contributed by atoms with Gasteiger partial charge in [-0.15, -0.1) is 11.3 Å². The highest BCUT2D eigenvalue weighted by molar-refractivity contribution is 7.11. The largest absolute Gasteiger partial charge is 0.338 e. The molecule has 21 heavy (non-hydrogen) atoms. The third kappa shape index (κ3) is 4.82. The van der Waals surface area contributed by atoms with Gasteiger partial charge in [0.1, 0.15) is 0 Å². The molecule has 2 aromatic heterocycles. The fourth-order valence-corrected chi connectivity index (χ4v) is 3.63. The predicted molar refractivity (Wildman–Crippen MR) is 89.4 cm³/mol. The zero-order valence-electron chi connectivity index (χ0n) is 12.6. The van der Waals surface area contributed by atoms with Gasteiger partial charge in [-0.25, -0.2) is 9.78 Å². The molecule has 0 fully saturated rings. The minimum Gasteiger partial charge on any atom is -0.338 e. The third-order valence-electron chi connectivity index (χ3n) is 3.38. The highest BCUT2D eigenvalue weighted by Crippen LogP contribution is 2.17. The maximum atomic E-state index is 11.7. The molecule has 0 aliphatic rings. The van der Waals surface area contributed by atoms with E-state index in [0.29, 0.717) is 19.0 Å². The number of carbonyl (C=O) groups excluding carboxylic acids is 1. The molecule has 0 radical (unpaired) electrons. The fraction of sp³-hybridized carbons (Fsp3) is 0.467. The molecular formula is C15H21N3OS2. The van der Waals surface area contributed by atoms with E-state index in [4.69, 9.17) is 0 Å². The van der Waals surface area contributed by atoms with E-state index in [0.717, 1.165) is 17.1 Å². The molecule has 1 unspecified atom stereocenters. The summed E-state index contributed by atoms with van der Waals surface area (Å²) in [5.74, 6) is 0.339. The van der Waals surface area contributed by atoms with E-state index in [-0.39, 0.29) is 6.03 Å². The molecule has 0 bridgehead atoms. The molecule has 2 heterocycles. The molecule has 0 saturated heterocycles. The van der Waals surface area contributed by atoms with Crippen LogP contribution in [0.2, 0.25) is 0 Å². The zero-order chi connectivity index (χ0) is 15.2. The Morgan fingerprint density at radius 3 is 2.81 bits per heavy atom. The Kier molecular flexibility index (Phi) is 5.76. The summed E-state index contributed by atoms with van der Waals surface area (Å²) < 4.78 is 0. The number of thiazole rings is 1. The van der Waals surface area contributed by atoms with Crippen LogP contribution in [0.1, 0.15) is 34.0 Å². The van der Waals surface area contributed by atoms with Crippen molar-refractivity contribution < 1.29 is 4.79 Å². The summed E-state index contributed by atoms with van der Waals surface area (Å²) in [7, 11) is 0. The van der Waals surface area contributed by atoms with Gasteiger partial charge in [-0.1, -0.05) is 6.92 Å². The SMILES string of the molecule is Cc1nc(CCNC(=O)NCC(C)c2ccsc2)sc1C. The predicted octanol–water partition coefficient (Wildman–Crippen LogP) is 3.47. The van der Waals surface area contributed by atoms with Crippen molar-refractivity contribution in [2.45, 2.75) is 33.1 Å². The highest BCUT2D eigenvalue weighted by Gasteiger charge is 2.08. The van der Waals surface area contributed by atoms with Crippen LogP contribution in [0.4, 0.5) is 4.79 Å². The number of amides is 2. The summed E-state index contributed by atoms with van der Waals surface area (Å²) >= 11 is 3.38. The summed E-state index contributed by atoms with van der Waals surface area (Å²) in [5.41, 5.74) is 2.36. The highest BCUT2D eigenvalue weighted by atomic mass is 32.1. The number of aromatic nitrogens is 1. The lowest BCUT2D eigenvalue weighted by Gasteiger charge is -2.12. The summed E-state index contributed by atoms with van der Waals surface area (Å²) in [4.78, 5) is 17.5. The lowest BCUT2D eigenvalue weighted by atomic mass is 10.1. The number of hydrogen-bond donors (Lipinski definition) is 2. The Morgan fingerprint density at radius 2 is 2.19 bits per heavy atom. The van der Waals surface area contributed by atoms with Crippen LogP contribution in [0, 0.1) is 13.8 Å². The number of nitrogens with one attached hydrogen (secondary N) is 2. The lowest BCUT2D eigenvalue weighted by molar-refractivity contribution is 0.240. The van der Waals surface area contributed by atoms with Crippen molar-refractivity contribution in [1.29, 1.82) is 0 Å². The Morgan fingerprint density at radius 1 is 1.38 bits per heavy atom. The molecule has 0 saturated carbocycles. The third-order valence-corrected chi connectivity index (χ3v) is 5.21. The summed E-state index contributed by atoms with van der Waals surface area (Å²) in [6.45, 7) is 7.47. The summed E-state index contributed by atoms with van der Waals surface area (Å²) in [5, 5.41) is 11.1. The van der Waals surface area contributed by atoms with E-state index >= 15 is 0 Å². The molecule has 4 nitrogen and oxygen atoms in total. The Hall–Kier alpha value is -1.40. The van der Waals surface area contributed by atoms with Gasteiger partial charge < -0.3 is 10.6 Å². The number of hydrogen-bond acceptors (Lipinski definition) is 4. The molecule has 2 rings (SSSR count). The first kappa shape index (κ1) is 16.0. The van der Waals surface area contributed by atoms with Gasteiger partial charge in [0, 0.05) is 24.4 Å². The second kappa shape index (κ2) is 7.56. The molecule has 0 spiro atoms. The van der Waals surface area contributed by atoms with Crippen molar-refractivity contribution in [3.63, 3.8) is 0 Å². The van der Waals surface area contributed by atoms with E-state index in [1.165, 1.54) is 10.4 Å². The number of nitrogens with zero attached hydrogens (tertiary/aromatic N) is 1. The van der Waals surface area contributed by atoms with Crippen LogP contribution in [0.25, 0.3) is 0 Å². The Balaban J connectivity index is 1.65. The number of urea groups is 1. The number of carbonyl (C=O) groups is 1. The lowest BCUT2D eigenvalue weighted by Crippen LogP contribution is -2.38. The van der Waals surface area contributed by atoms with Crippen LogP contribution in [0.15, 0.2) is 16.8 Å². The van der Waals surface area contributed by atoms with Gasteiger partial charge in [-0.05, 0) is 42.2 Å². The number of thiophene rings is 1. The van der Waals surface area contributed by atoms with Crippen molar-refractivity contribution in [3.8, 4) is 0 Å². The maximum Gasteiger partial charge on any atom is 0.314 e. The first-order chi connectivity index (χ1) is 10.1. The van der Waals surface area contributed by atoms with E-state index < -0.39 is 0 Å². The fourth-order valence-electron chi connectivity index (χ4n) is 1.91. The van der Waals surface area contributed by atoms with Crippen molar-refractivity contribution in [1.82, 2.24) is 15.6 Å². The van der Waals surface area contributed by atoms with E-state index in [1.54, 1.807) is 22.7 Å². The first-order valence-electron chi connectivity index (χ1n) is 7.03. The molecule has 0 aliphatic carbocycles. The van der Waals surface area contributed by atoms with Crippen molar-refractivity contribution in [3.05, 3.63) is 38.0 Å². The van der Waals surface area contributed by atoms with Crippen LogP contribution in [-0.2, 0) is 6.42 Å². The molecule has 2 aromatic rings. The van der Waals surface area contributed by atoms with Gasteiger partial charge in [0.25, 0.3) is 0 Å². The Labute approximate surface area is 133 Å². The quantitative estimate of drug-likeness (QED) is 0.855. The van der Waals surface area contributed by atoms with Gasteiger partial charge in [-0.2, -0.15) is 11.3 Å². The van der Waals surface area contributed by atoms with Crippen molar-refractivity contribution >= 4 is 28.7 Å². The zero-order valence-corrected chi connectivity index (χ0v) is 14.2. The average molecular weight is 323 g/mol. The second-order valence-electron chi connectivity index (χ2n) is 5.09. The molecule has 2 N–H and O–H groups in total. The first-order valence-corrected chi connectivity index (χ1v) is 8.79. The van der Waals surface area contributed by atoms with E-state index in [9.17, 15) is 4.79 Å². The minimum atomic E-state index is -0.109. The average Bonchev–Trinajstić information content (AvgIpc) is 3.07. The number of rotatable bonds is 6. The van der Waals surface area contributed by atoms with E-state index in [2.05, 4.69) is 46.3 Å². The Bertz CT molecular complexity index is 558. The van der Waals surface area contributed by atoms with Gasteiger partial charge >= 0.3 is 6.03 Å². The molecule has 114 valence electrons. The maximum absolute atomic E-state index is 11.7. The van der Waals surface area contributed by atoms with Gasteiger partial charge in [0.2, 0.25) is 0 Å². The molecule has 6 heteroatoms. The standard InChI is InChI=1S/C15H21N3OS2/c1-10(13-5-7-20-9-13)8-17-15(19)16-6-4-14-18-11(2)12(3)21-14/h5,7,9-10H,4,6,8H2,1-3H3,(H2,16,17,19). The van der Waals surface area contributed by atoms with Crippen molar-refractivity contribution in [2.24, 2.45) is 0 Å².